The van der Waals surface area contributed by atoms with E-state index in [0.717, 1.165) is 11.8 Å². The summed E-state index contributed by atoms with van der Waals surface area (Å²) in [4.78, 5) is 0. The molecule has 0 fully saturated rings. The maximum absolute atomic E-state index is 4.93. The van der Waals surface area contributed by atoms with E-state index in [1.54, 1.807) is 0 Å². The first-order chi connectivity index (χ1) is 11.7. The van der Waals surface area contributed by atoms with E-state index in [1.165, 1.54) is 25.7 Å². The van der Waals surface area contributed by atoms with E-state index in [4.69, 9.17) is 34.1 Å². The molecule has 0 saturated carbocycles. The Morgan fingerprint density at radius 1 is 0.769 bits per heavy atom. The summed E-state index contributed by atoms with van der Waals surface area (Å²) < 4.78 is 0. The van der Waals surface area contributed by atoms with Gasteiger partial charge in [-0.3, -0.25) is 0 Å². The molecule has 148 valence electrons. The van der Waals surface area contributed by atoms with Gasteiger partial charge in [-0.25, -0.2) is 37.1 Å². The minimum atomic E-state index is -0.826. The number of hydrogen-bond acceptors (Lipinski definition) is 0. The fourth-order valence-electron chi connectivity index (χ4n) is 2.14. The van der Waals surface area contributed by atoms with E-state index in [0.29, 0.717) is 0 Å². The van der Waals surface area contributed by atoms with Crippen molar-refractivity contribution >= 4 is 34.1 Å². The van der Waals surface area contributed by atoms with Gasteiger partial charge in [0, 0.05) is 0 Å². The molecule has 2 rings (SSSR count). The molecule has 0 bridgehead atoms. The van der Waals surface area contributed by atoms with E-state index in [2.05, 4.69) is 75.3 Å². The number of halogens is 4. The monoisotopic (exact) mass is 592 g/mol. The van der Waals surface area contributed by atoms with Crippen LogP contribution in [0.25, 0.3) is 0 Å². The first-order valence-corrected chi connectivity index (χ1v) is 20.5. The topological polar surface area (TPSA) is 0 Å². The van der Waals surface area contributed by atoms with Gasteiger partial charge in [-0.15, -0.1) is 13.8 Å². The number of hydrogen-bond donors (Lipinski definition) is 0. The molecule has 0 radical (unpaired) electrons. The zero-order chi connectivity index (χ0) is 18.5. The first-order valence-electron chi connectivity index (χ1n) is 7.88. The molecular weight excluding hydrogens is 564 g/mol. The van der Waals surface area contributed by atoms with Crippen molar-refractivity contribution in [3.05, 3.63) is 76.3 Å². The third-order valence-corrected chi connectivity index (χ3v) is 3.20. The van der Waals surface area contributed by atoms with Crippen LogP contribution in [0.2, 0.25) is 0 Å². The summed E-state index contributed by atoms with van der Waals surface area (Å²) in [5.74, 6) is 1.45. The van der Waals surface area contributed by atoms with Crippen LogP contribution in [0.1, 0.15) is 39.5 Å². The molecule has 0 aromatic heterocycles. The second-order valence-corrected chi connectivity index (χ2v) is 12.4. The van der Waals surface area contributed by atoms with E-state index in [1.807, 2.05) is 0 Å². The Morgan fingerprint density at radius 3 is 1.27 bits per heavy atom. The third-order valence-electron chi connectivity index (χ3n) is 3.20. The molecule has 0 aromatic carbocycles. The summed E-state index contributed by atoms with van der Waals surface area (Å²) >= 11 is -1.65. The average Bonchev–Trinajstić information content (AvgIpc) is 3.27. The molecule has 0 spiro atoms. The molecule has 0 N–H and O–H groups in total. The zero-order valence-corrected chi connectivity index (χ0v) is 24.2. The summed E-state index contributed by atoms with van der Waals surface area (Å²) in [6, 6.07) is 0. The van der Waals surface area contributed by atoms with Crippen molar-refractivity contribution in [1.82, 2.24) is 0 Å². The average molecular weight is 597 g/mol. The Labute approximate surface area is 201 Å². The Kier molecular flexibility index (Phi) is 42.3. The van der Waals surface area contributed by atoms with Gasteiger partial charge in [-0.05, 0) is 12.8 Å². The van der Waals surface area contributed by atoms with Crippen LogP contribution in [0.5, 0.6) is 0 Å². The van der Waals surface area contributed by atoms with E-state index in [9.17, 15) is 0 Å². The fourth-order valence-corrected chi connectivity index (χ4v) is 2.14. The summed E-state index contributed by atoms with van der Waals surface area (Å²) in [7, 11) is 19.7. The van der Waals surface area contributed by atoms with Gasteiger partial charge in [0.15, 0.2) is 0 Å². The van der Waals surface area contributed by atoms with Gasteiger partial charge in [0.05, 0.1) is 0 Å². The second kappa shape index (κ2) is 31.3. The maximum atomic E-state index is 4.93. The minimum absolute atomic E-state index is 0. The van der Waals surface area contributed by atoms with Gasteiger partial charge in [0.2, 0.25) is 0 Å². The van der Waals surface area contributed by atoms with Crippen molar-refractivity contribution in [1.29, 1.82) is 0 Å². The first kappa shape index (κ1) is 35.1. The predicted molar refractivity (Wildman–Crippen MR) is 118 cm³/mol. The summed E-state index contributed by atoms with van der Waals surface area (Å²) in [5, 5.41) is 0. The van der Waals surface area contributed by atoms with Crippen LogP contribution in [-0.2, 0) is 41.7 Å². The van der Waals surface area contributed by atoms with Crippen LogP contribution in [0.4, 0.5) is 0 Å². The van der Waals surface area contributed by atoms with Crippen LogP contribution in [0.3, 0.4) is 0 Å². The molecule has 0 amide bonds. The van der Waals surface area contributed by atoms with Crippen molar-refractivity contribution in [3.63, 3.8) is 0 Å². The van der Waals surface area contributed by atoms with Crippen LogP contribution >= 0.6 is 34.1 Å². The van der Waals surface area contributed by atoms with Gasteiger partial charge in [-0.1, -0.05) is 49.0 Å². The SMILES string of the molecule is C[CH-]/C=C\[C@H]1C=CCC1.C[CH-]/C=C\[C@H]1C=CCC1.[CH3-].[CH3-].[Cl][Zr+2][Cl].[Cl][Zr+2][Cl]. The molecule has 6 heteroatoms. The molecule has 0 aromatic rings. The van der Waals surface area contributed by atoms with Crippen LogP contribution < -0.4 is 0 Å². The van der Waals surface area contributed by atoms with Gasteiger partial charge in [-0.2, -0.15) is 0 Å². The number of rotatable bonds is 4. The predicted octanol–water partition coefficient (Wildman–Crippen LogP) is 9.12. The molecule has 2 aliphatic rings. The zero-order valence-electron chi connectivity index (χ0n) is 16.3. The van der Waals surface area contributed by atoms with Crippen molar-refractivity contribution in [2.24, 2.45) is 11.8 Å². The van der Waals surface area contributed by atoms with Gasteiger partial charge in [0.1, 0.15) is 0 Å². The van der Waals surface area contributed by atoms with Gasteiger partial charge >= 0.3 is 75.7 Å². The van der Waals surface area contributed by atoms with E-state index < -0.39 is 41.7 Å². The molecule has 0 heterocycles. The molecule has 2 atom stereocenters. The third kappa shape index (κ3) is 27.8. The molecule has 2 aliphatic carbocycles. The Balaban J connectivity index is -0.000000136. The standard InChI is InChI=1S/2C9H13.2CH3.4ClH.2Zr/c2*1-2-3-6-9-7-4-5-8-9;;;;;;;;/h2*2-4,6-7,9H,5,8H2,1H3;2*1H3;4*1H;;/q4*-1;;;;;2*+4/p-4/b2*6-3-;;;;;;;;/t2*9-;;;;;;;;/m00......../s1. The molecule has 0 aliphatic heterocycles. The Hall–Kier alpha value is 1.63. The molecule has 26 heavy (non-hydrogen) atoms. The summed E-state index contributed by atoms with van der Waals surface area (Å²) in [5.41, 5.74) is 0. The van der Waals surface area contributed by atoms with Crippen LogP contribution in [0.15, 0.2) is 48.6 Å². The van der Waals surface area contributed by atoms with Crippen molar-refractivity contribution in [2.45, 2.75) is 39.5 Å². The van der Waals surface area contributed by atoms with E-state index in [-0.39, 0.29) is 14.9 Å². The van der Waals surface area contributed by atoms with Crippen LogP contribution in [0, 0.1) is 39.5 Å². The van der Waals surface area contributed by atoms with E-state index >= 15 is 0 Å². The van der Waals surface area contributed by atoms with Gasteiger partial charge in [0.25, 0.3) is 0 Å². The van der Waals surface area contributed by atoms with Gasteiger partial charge < -0.3 is 14.9 Å². The quantitative estimate of drug-likeness (QED) is 0.224. The van der Waals surface area contributed by atoms with Crippen LogP contribution in [-0.4, -0.2) is 0 Å². The molecular formula is C20H32Cl4Zr2. The Morgan fingerprint density at radius 2 is 1.08 bits per heavy atom. The normalized spacial score (nSPS) is 18.5. The summed E-state index contributed by atoms with van der Waals surface area (Å²) in [6.07, 6.45) is 27.1. The molecule has 0 nitrogen and oxygen atoms in total. The van der Waals surface area contributed by atoms with Crippen molar-refractivity contribution in [3.8, 4) is 0 Å². The van der Waals surface area contributed by atoms with Crippen molar-refractivity contribution < 1.29 is 41.7 Å². The Bertz CT molecular complexity index is 322. The fraction of sp³-hybridized carbons (Fsp3) is 0.400. The summed E-state index contributed by atoms with van der Waals surface area (Å²) in [6.45, 7) is 4.10. The molecule has 0 unspecified atom stereocenters. The second-order valence-electron chi connectivity index (χ2n) is 4.92. The molecule has 0 saturated heterocycles. The van der Waals surface area contributed by atoms with Crippen molar-refractivity contribution in [2.75, 3.05) is 0 Å². The number of allylic oxidation sites excluding steroid dienone is 8.